The number of nitrogens with zero attached hydrogens (tertiary/aromatic N) is 2. The molecule has 3 aromatic rings. The summed E-state index contributed by atoms with van der Waals surface area (Å²) in [6, 6.07) is 10.0. The number of benzene rings is 2. The van der Waals surface area contributed by atoms with Crippen molar-refractivity contribution in [1.82, 2.24) is 9.97 Å². The van der Waals surface area contributed by atoms with Gasteiger partial charge in [-0.3, -0.25) is 9.59 Å². The molecule has 0 aliphatic rings. The largest absolute Gasteiger partial charge is 0.339 e. The zero-order valence-electron chi connectivity index (χ0n) is 14.7. The van der Waals surface area contributed by atoms with Gasteiger partial charge in [0.15, 0.2) is 11.6 Å². The van der Waals surface area contributed by atoms with E-state index in [2.05, 4.69) is 25.9 Å². The molecular formula is C19H15F2N5O2. The van der Waals surface area contributed by atoms with Gasteiger partial charge < -0.3 is 16.0 Å². The fraction of sp³-hybridized carbons (Fsp3) is 0.0526. The van der Waals surface area contributed by atoms with Crippen LogP contribution in [0.15, 0.2) is 54.9 Å². The SMILES string of the molecule is CC(=O)Nc1cccc(Nc2cnc(C(=O)Nc3ccc(F)c(F)c3)cn2)c1. The number of aromatic nitrogens is 2. The van der Waals surface area contributed by atoms with Gasteiger partial charge in [0.05, 0.1) is 12.4 Å². The lowest BCUT2D eigenvalue weighted by molar-refractivity contribution is -0.114. The van der Waals surface area contributed by atoms with Crippen LogP contribution in [-0.2, 0) is 4.79 Å². The second kappa shape index (κ2) is 8.21. The zero-order chi connectivity index (χ0) is 20.1. The third kappa shape index (κ3) is 4.85. The normalized spacial score (nSPS) is 10.2. The van der Waals surface area contributed by atoms with E-state index in [1.165, 1.54) is 25.4 Å². The molecule has 0 saturated carbocycles. The van der Waals surface area contributed by atoms with Gasteiger partial charge in [0.25, 0.3) is 5.91 Å². The van der Waals surface area contributed by atoms with Crippen molar-refractivity contribution in [3.8, 4) is 0 Å². The number of hydrogen-bond acceptors (Lipinski definition) is 5. The van der Waals surface area contributed by atoms with Crippen LogP contribution in [-0.4, -0.2) is 21.8 Å². The Morgan fingerprint density at radius 3 is 2.29 bits per heavy atom. The number of amides is 2. The van der Waals surface area contributed by atoms with Crippen molar-refractivity contribution < 1.29 is 18.4 Å². The fourth-order valence-corrected chi connectivity index (χ4v) is 2.30. The van der Waals surface area contributed by atoms with E-state index in [0.717, 1.165) is 12.1 Å². The van der Waals surface area contributed by atoms with Crippen molar-refractivity contribution in [2.75, 3.05) is 16.0 Å². The van der Waals surface area contributed by atoms with Crippen LogP contribution in [0.25, 0.3) is 0 Å². The van der Waals surface area contributed by atoms with Gasteiger partial charge in [-0.1, -0.05) is 6.07 Å². The van der Waals surface area contributed by atoms with E-state index in [4.69, 9.17) is 0 Å². The van der Waals surface area contributed by atoms with Gasteiger partial charge in [0, 0.05) is 30.1 Å². The molecule has 142 valence electrons. The Hall–Kier alpha value is -3.88. The van der Waals surface area contributed by atoms with Gasteiger partial charge in [-0.25, -0.2) is 18.7 Å². The Bertz CT molecular complexity index is 1030. The molecule has 1 aromatic heterocycles. The van der Waals surface area contributed by atoms with Gasteiger partial charge in [0.2, 0.25) is 5.91 Å². The molecule has 0 aliphatic carbocycles. The first-order chi connectivity index (χ1) is 13.4. The second-order valence-electron chi connectivity index (χ2n) is 5.76. The number of nitrogens with one attached hydrogen (secondary N) is 3. The van der Waals surface area contributed by atoms with E-state index in [1.807, 2.05) is 0 Å². The first kappa shape index (κ1) is 18.9. The summed E-state index contributed by atoms with van der Waals surface area (Å²) in [5, 5.41) is 8.08. The maximum Gasteiger partial charge on any atom is 0.275 e. The summed E-state index contributed by atoms with van der Waals surface area (Å²) in [6.07, 6.45) is 2.60. The second-order valence-corrected chi connectivity index (χ2v) is 5.76. The maximum atomic E-state index is 13.2. The zero-order valence-corrected chi connectivity index (χ0v) is 14.7. The monoisotopic (exact) mass is 383 g/mol. The average molecular weight is 383 g/mol. The number of rotatable bonds is 5. The summed E-state index contributed by atoms with van der Waals surface area (Å²) in [7, 11) is 0. The first-order valence-corrected chi connectivity index (χ1v) is 8.14. The number of hydrogen-bond donors (Lipinski definition) is 3. The molecule has 0 unspecified atom stereocenters. The Morgan fingerprint density at radius 2 is 1.61 bits per heavy atom. The van der Waals surface area contributed by atoms with E-state index in [9.17, 15) is 18.4 Å². The predicted molar refractivity (Wildman–Crippen MR) is 100 cm³/mol. The minimum absolute atomic E-state index is 0.00211. The molecule has 0 radical (unpaired) electrons. The van der Waals surface area contributed by atoms with E-state index in [1.54, 1.807) is 24.3 Å². The van der Waals surface area contributed by atoms with Gasteiger partial charge in [0.1, 0.15) is 11.5 Å². The highest BCUT2D eigenvalue weighted by Gasteiger charge is 2.10. The summed E-state index contributed by atoms with van der Waals surface area (Å²) < 4.78 is 26.1. The molecule has 1 heterocycles. The minimum atomic E-state index is -1.06. The first-order valence-electron chi connectivity index (χ1n) is 8.14. The van der Waals surface area contributed by atoms with Crippen LogP contribution in [0.1, 0.15) is 17.4 Å². The molecule has 9 heteroatoms. The summed E-state index contributed by atoms with van der Waals surface area (Å²) in [4.78, 5) is 31.4. The highest BCUT2D eigenvalue weighted by Crippen LogP contribution is 2.19. The van der Waals surface area contributed by atoms with Crippen LogP contribution in [0.5, 0.6) is 0 Å². The van der Waals surface area contributed by atoms with Crippen molar-refractivity contribution >= 4 is 34.7 Å². The molecule has 0 fully saturated rings. The summed E-state index contributed by atoms with van der Waals surface area (Å²) in [5.41, 5.74) is 1.39. The van der Waals surface area contributed by atoms with E-state index in [-0.39, 0.29) is 17.3 Å². The standard InChI is InChI=1S/C19H15F2N5O2/c1-11(27)24-12-3-2-4-13(7-12)25-18-10-22-17(9-23-18)19(28)26-14-5-6-15(20)16(21)8-14/h2-10H,1H3,(H,23,25)(H,24,27)(H,26,28). The molecule has 2 aromatic carbocycles. The molecule has 0 atom stereocenters. The van der Waals surface area contributed by atoms with Crippen molar-refractivity contribution in [2.24, 2.45) is 0 Å². The predicted octanol–water partition coefficient (Wildman–Crippen LogP) is 3.71. The van der Waals surface area contributed by atoms with Crippen molar-refractivity contribution in [3.05, 3.63) is 72.2 Å². The van der Waals surface area contributed by atoms with E-state index in [0.29, 0.717) is 17.2 Å². The lowest BCUT2D eigenvalue weighted by Gasteiger charge is -2.09. The maximum absolute atomic E-state index is 13.2. The molecule has 28 heavy (non-hydrogen) atoms. The molecule has 0 bridgehead atoms. The van der Waals surface area contributed by atoms with Crippen LogP contribution >= 0.6 is 0 Å². The molecule has 3 N–H and O–H groups in total. The molecule has 2 amide bonds. The van der Waals surface area contributed by atoms with Crippen LogP contribution < -0.4 is 16.0 Å². The number of carbonyl (C=O) groups excluding carboxylic acids is 2. The third-order valence-corrected chi connectivity index (χ3v) is 3.52. The Labute approximate surface area is 158 Å². The lowest BCUT2D eigenvalue weighted by atomic mass is 10.2. The molecule has 3 rings (SSSR count). The minimum Gasteiger partial charge on any atom is -0.339 e. The quantitative estimate of drug-likeness (QED) is 0.624. The smallest absolute Gasteiger partial charge is 0.275 e. The van der Waals surface area contributed by atoms with Crippen molar-refractivity contribution in [1.29, 1.82) is 0 Å². The highest BCUT2D eigenvalue weighted by molar-refractivity contribution is 6.02. The Morgan fingerprint density at radius 1 is 0.857 bits per heavy atom. The van der Waals surface area contributed by atoms with Crippen LogP contribution in [0.2, 0.25) is 0 Å². The van der Waals surface area contributed by atoms with Crippen molar-refractivity contribution in [2.45, 2.75) is 6.92 Å². The topological polar surface area (TPSA) is 96.0 Å². The van der Waals surface area contributed by atoms with E-state index >= 15 is 0 Å². The van der Waals surface area contributed by atoms with Crippen LogP contribution in [0.4, 0.5) is 31.7 Å². The fourth-order valence-electron chi connectivity index (χ4n) is 2.30. The van der Waals surface area contributed by atoms with Crippen LogP contribution in [0.3, 0.4) is 0 Å². The number of carbonyl (C=O) groups is 2. The highest BCUT2D eigenvalue weighted by atomic mass is 19.2. The van der Waals surface area contributed by atoms with Gasteiger partial charge in [-0.05, 0) is 30.3 Å². The van der Waals surface area contributed by atoms with Crippen LogP contribution in [0, 0.1) is 11.6 Å². The Balaban J connectivity index is 1.66. The Kier molecular flexibility index (Phi) is 5.54. The molecular weight excluding hydrogens is 368 g/mol. The third-order valence-electron chi connectivity index (χ3n) is 3.52. The molecule has 7 nitrogen and oxygen atoms in total. The molecule has 0 aliphatic heterocycles. The summed E-state index contributed by atoms with van der Waals surface area (Å²) >= 11 is 0. The summed E-state index contributed by atoms with van der Waals surface area (Å²) in [6.45, 7) is 1.41. The number of anilines is 4. The van der Waals surface area contributed by atoms with E-state index < -0.39 is 17.5 Å². The lowest BCUT2D eigenvalue weighted by Crippen LogP contribution is -2.14. The molecule has 0 spiro atoms. The number of halogens is 2. The van der Waals surface area contributed by atoms with Crippen molar-refractivity contribution in [3.63, 3.8) is 0 Å². The summed E-state index contributed by atoms with van der Waals surface area (Å²) in [5.74, 6) is -2.49. The van der Waals surface area contributed by atoms with Gasteiger partial charge in [-0.2, -0.15) is 0 Å². The molecule has 0 saturated heterocycles. The van der Waals surface area contributed by atoms with Gasteiger partial charge in [-0.15, -0.1) is 0 Å². The average Bonchev–Trinajstić information content (AvgIpc) is 2.65. The van der Waals surface area contributed by atoms with Gasteiger partial charge >= 0.3 is 0 Å².